The van der Waals surface area contributed by atoms with Crippen LogP contribution in [0.3, 0.4) is 0 Å². The first kappa shape index (κ1) is 11.7. The van der Waals surface area contributed by atoms with E-state index in [0.29, 0.717) is 18.0 Å². The van der Waals surface area contributed by atoms with Crippen molar-refractivity contribution in [2.75, 3.05) is 5.32 Å². The zero-order chi connectivity index (χ0) is 12.5. The fourth-order valence-corrected chi connectivity index (χ4v) is 3.63. The highest BCUT2D eigenvalue weighted by Crippen LogP contribution is 2.49. The predicted molar refractivity (Wildman–Crippen MR) is 68.6 cm³/mol. The van der Waals surface area contributed by atoms with E-state index in [9.17, 15) is 9.18 Å². The molecule has 3 rings (SSSR count). The third-order valence-corrected chi connectivity index (χ3v) is 4.48. The number of para-hydroxylation sites is 1. The van der Waals surface area contributed by atoms with Gasteiger partial charge in [0.1, 0.15) is 5.82 Å². The molecule has 0 heterocycles. The van der Waals surface area contributed by atoms with Crippen molar-refractivity contribution in [2.24, 2.45) is 17.8 Å². The number of hydrogen-bond donors (Lipinski definition) is 1. The van der Waals surface area contributed by atoms with Gasteiger partial charge in [-0.3, -0.25) is 4.79 Å². The summed E-state index contributed by atoms with van der Waals surface area (Å²) in [4.78, 5) is 11.9. The van der Waals surface area contributed by atoms with Gasteiger partial charge in [0.15, 0.2) is 0 Å². The van der Waals surface area contributed by atoms with Gasteiger partial charge in [-0.25, -0.2) is 4.39 Å². The summed E-state index contributed by atoms with van der Waals surface area (Å²) in [6.45, 7) is 0. The third kappa shape index (κ3) is 2.26. The first-order valence-corrected chi connectivity index (χ1v) is 6.77. The number of anilines is 1. The maximum atomic E-state index is 13.4. The SMILES string of the molecule is O=C(C[C@H]1C[C@H]2CC[C@H]1C2)Nc1ccccc1F. The number of halogens is 1. The van der Waals surface area contributed by atoms with E-state index < -0.39 is 0 Å². The summed E-state index contributed by atoms with van der Waals surface area (Å²) in [6, 6.07) is 6.33. The lowest BCUT2D eigenvalue weighted by Crippen LogP contribution is -2.20. The Hall–Kier alpha value is -1.38. The van der Waals surface area contributed by atoms with Crippen LogP contribution in [-0.4, -0.2) is 5.91 Å². The second-order valence-electron chi connectivity index (χ2n) is 5.67. The van der Waals surface area contributed by atoms with Crippen LogP contribution in [0.2, 0.25) is 0 Å². The van der Waals surface area contributed by atoms with Crippen molar-refractivity contribution in [3.63, 3.8) is 0 Å². The molecule has 2 saturated carbocycles. The number of benzene rings is 1. The fourth-order valence-electron chi connectivity index (χ4n) is 3.63. The summed E-state index contributed by atoms with van der Waals surface area (Å²) in [5.74, 6) is 1.70. The molecule has 0 aromatic heterocycles. The summed E-state index contributed by atoms with van der Waals surface area (Å²) in [7, 11) is 0. The first-order chi connectivity index (χ1) is 8.72. The van der Waals surface area contributed by atoms with Gasteiger partial charge in [-0.2, -0.15) is 0 Å². The van der Waals surface area contributed by atoms with E-state index in [4.69, 9.17) is 0 Å². The number of nitrogens with one attached hydrogen (secondary N) is 1. The van der Waals surface area contributed by atoms with E-state index in [-0.39, 0.29) is 11.7 Å². The summed E-state index contributed by atoms with van der Waals surface area (Å²) in [5, 5.41) is 2.68. The molecule has 1 aromatic carbocycles. The van der Waals surface area contributed by atoms with Gasteiger partial charge < -0.3 is 5.32 Å². The Kier molecular flexibility index (Phi) is 3.06. The number of carbonyl (C=O) groups excluding carboxylic acids is 1. The van der Waals surface area contributed by atoms with Crippen molar-refractivity contribution in [1.82, 2.24) is 0 Å². The lowest BCUT2D eigenvalue weighted by atomic mass is 9.86. The van der Waals surface area contributed by atoms with Gasteiger partial charge in [0, 0.05) is 6.42 Å². The summed E-state index contributed by atoms with van der Waals surface area (Å²) >= 11 is 0. The van der Waals surface area contributed by atoms with Gasteiger partial charge in [0.25, 0.3) is 0 Å². The zero-order valence-corrected chi connectivity index (χ0v) is 10.4. The Morgan fingerprint density at radius 1 is 1.28 bits per heavy atom. The number of rotatable bonds is 3. The van der Waals surface area contributed by atoms with Crippen LogP contribution in [0, 0.1) is 23.6 Å². The zero-order valence-electron chi connectivity index (χ0n) is 10.4. The molecule has 2 aliphatic rings. The van der Waals surface area contributed by atoms with Gasteiger partial charge in [0.2, 0.25) is 5.91 Å². The van der Waals surface area contributed by atoms with Crippen LogP contribution in [0.1, 0.15) is 32.1 Å². The number of carbonyl (C=O) groups is 1. The maximum absolute atomic E-state index is 13.4. The van der Waals surface area contributed by atoms with E-state index in [1.165, 1.54) is 31.7 Å². The maximum Gasteiger partial charge on any atom is 0.224 e. The fraction of sp³-hybridized carbons (Fsp3) is 0.533. The molecule has 1 N–H and O–H groups in total. The average Bonchev–Trinajstić information content (AvgIpc) is 2.94. The van der Waals surface area contributed by atoms with Crippen LogP contribution in [0.4, 0.5) is 10.1 Å². The van der Waals surface area contributed by atoms with Crippen LogP contribution in [0.5, 0.6) is 0 Å². The molecule has 2 fully saturated rings. The highest BCUT2D eigenvalue weighted by molar-refractivity contribution is 5.91. The van der Waals surface area contributed by atoms with E-state index in [1.807, 2.05) is 0 Å². The Balaban J connectivity index is 1.58. The van der Waals surface area contributed by atoms with Gasteiger partial charge >= 0.3 is 0 Å². The molecule has 0 radical (unpaired) electrons. The summed E-state index contributed by atoms with van der Waals surface area (Å²) in [5.41, 5.74) is 0.297. The van der Waals surface area contributed by atoms with Crippen LogP contribution in [0.25, 0.3) is 0 Å². The van der Waals surface area contributed by atoms with E-state index in [0.717, 1.165) is 11.8 Å². The predicted octanol–water partition coefficient (Wildman–Crippen LogP) is 3.59. The minimum absolute atomic E-state index is 0.0438. The van der Waals surface area contributed by atoms with Crippen molar-refractivity contribution < 1.29 is 9.18 Å². The molecular formula is C15H18FNO. The number of hydrogen-bond acceptors (Lipinski definition) is 1. The molecule has 0 saturated heterocycles. The second kappa shape index (κ2) is 4.71. The van der Waals surface area contributed by atoms with Crippen molar-refractivity contribution >= 4 is 11.6 Å². The van der Waals surface area contributed by atoms with Crippen LogP contribution in [0.15, 0.2) is 24.3 Å². The van der Waals surface area contributed by atoms with Gasteiger partial charge in [-0.05, 0) is 49.1 Å². The minimum Gasteiger partial charge on any atom is -0.324 e. The Morgan fingerprint density at radius 3 is 2.78 bits per heavy atom. The number of fused-ring (bicyclic) bond motifs is 2. The van der Waals surface area contributed by atoms with E-state index >= 15 is 0 Å². The van der Waals surface area contributed by atoms with Crippen molar-refractivity contribution in [1.29, 1.82) is 0 Å². The monoisotopic (exact) mass is 247 g/mol. The molecule has 0 unspecified atom stereocenters. The molecule has 3 heteroatoms. The largest absolute Gasteiger partial charge is 0.324 e. The number of amides is 1. The average molecular weight is 247 g/mol. The van der Waals surface area contributed by atoms with Crippen LogP contribution >= 0.6 is 0 Å². The normalized spacial score (nSPS) is 29.5. The second-order valence-corrected chi connectivity index (χ2v) is 5.67. The van der Waals surface area contributed by atoms with Gasteiger partial charge in [0.05, 0.1) is 5.69 Å². The minimum atomic E-state index is -0.362. The molecule has 18 heavy (non-hydrogen) atoms. The lowest BCUT2D eigenvalue weighted by Gasteiger charge is -2.20. The molecule has 2 aliphatic carbocycles. The molecule has 1 aromatic rings. The van der Waals surface area contributed by atoms with E-state index in [2.05, 4.69) is 5.32 Å². The highest BCUT2D eigenvalue weighted by Gasteiger charge is 2.40. The summed E-state index contributed by atoms with van der Waals surface area (Å²) in [6.07, 6.45) is 5.67. The van der Waals surface area contributed by atoms with Crippen molar-refractivity contribution in [3.05, 3.63) is 30.1 Å². The lowest BCUT2D eigenvalue weighted by molar-refractivity contribution is -0.117. The van der Waals surface area contributed by atoms with Crippen molar-refractivity contribution in [3.8, 4) is 0 Å². The van der Waals surface area contributed by atoms with Crippen LogP contribution in [-0.2, 0) is 4.79 Å². The molecular weight excluding hydrogens is 229 g/mol. The van der Waals surface area contributed by atoms with Crippen molar-refractivity contribution in [2.45, 2.75) is 32.1 Å². The topological polar surface area (TPSA) is 29.1 Å². The van der Waals surface area contributed by atoms with Gasteiger partial charge in [-0.15, -0.1) is 0 Å². The highest BCUT2D eigenvalue weighted by atomic mass is 19.1. The molecule has 96 valence electrons. The molecule has 2 bridgehead atoms. The molecule has 2 nitrogen and oxygen atoms in total. The molecule has 1 amide bonds. The van der Waals surface area contributed by atoms with Crippen LogP contribution < -0.4 is 5.32 Å². The molecule has 0 spiro atoms. The standard InChI is InChI=1S/C15H18FNO/c16-13-3-1-2-4-14(13)17-15(18)9-12-8-10-5-6-11(12)7-10/h1-4,10-12H,5-9H2,(H,17,18)/t10-,11-,12+/m0/s1. The third-order valence-electron chi connectivity index (χ3n) is 4.48. The Labute approximate surface area is 107 Å². The quantitative estimate of drug-likeness (QED) is 0.869. The Morgan fingerprint density at radius 2 is 2.11 bits per heavy atom. The molecule has 3 atom stereocenters. The Bertz CT molecular complexity index is 460. The van der Waals surface area contributed by atoms with Gasteiger partial charge in [-0.1, -0.05) is 18.6 Å². The smallest absolute Gasteiger partial charge is 0.224 e. The van der Waals surface area contributed by atoms with E-state index in [1.54, 1.807) is 18.2 Å². The first-order valence-electron chi connectivity index (χ1n) is 6.77. The summed E-state index contributed by atoms with van der Waals surface area (Å²) < 4.78 is 13.4. The molecule has 0 aliphatic heterocycles.